The zero-order valence-corrected chi connectivity index (χ0v) is 8.54. The molecule has 2 N–H and O–H groups in total. The summed E-state index contributed by atoms with van der Waals surface area (Å²) in [7, 11) is 0. The van der Waals surface area contributed by atoms with Gasteiger partial charge in [-0.15, -0.1) is 0 Å². The average Bonchev–Trinajstić information content (AvgIpc) is 2.14. The van der Waals surface area contributed by atoms with Gasteiger partial charge in [0.1, 0.15) is 5.75 Å². The van der Waals surface area contributed by atoms with E-state index in [2.05, 4.69) is 13.0 Å². The zero-order valence-electron chi connectivity index (χ0n) is 8.54. The highest BCUT2D eigenvalue weighted by molar-refractivity contribution is 5.75. The average molecular weight is 193 g/mol. The van der Waals surface area contributed by atoms with E-state index in [0.29, 0.717) is 5.75 Å². The SMILES string of the molecule is CCc1cc(C)cc(OCC(N)=O)c1. The smallest absolute Gasteiger partial charge is 0.255 e. The molecule has 3 nitrogen and oxygen atoms in total. The van der Waals surface area contributed by atoms with Gasteiger partial charge in [0.2, 0.25) is 0 Å². The molecule has 1 aromatic carbocycles. The fourth-order valence-electron chi connectivity index (χ4n) is 1.27. The topological polar surface area (TPSA) is 52.3 Å². The van der Waals surface area contributed by atoms with Gasteiger partial charge in [0.15, 0.2) is 6.61 Å². The highest BCUT2D eigenvalue weighted by atomic mass is 16.5. The molecule has 14 heavy (non-hydrogen) atoms. The quantitative estimate of drug-likeness (QED) is 0.786. The minimum Gasteiger partial charge on any atom is -0.484 e. The molecule has 0 atom stereocenters. The van der Waals surface area contributed by atoms with Crippen molar-refractivity contribution in [2.45, 2.75) is 20.3 Å². The number of nitrogens with two attached hydrogens (primary N) is 1. The van der Waals surface area contributed by atoms with Crippen molar-refractivity contribution in [1.82, 2.24) is 0 Å². The standard InChI is InChI=1S/C11H15NO2/c1-3-9-4-8(2)5-10(6-9)14-7-11(12)13/h4-6H,3,7H2,1-2H3,(H2,12,13). The van der Waals surface area contributed by atoms with Gasteiger partial charge < -0.3 is 10.5 Å². The summed E-state index contributed by atoms with van der Waals surface area (Å²) in [5, 5.41) is 0. The van der Waals surface area contributed by atoms with Gasteiger partial charge in [-0.2, -0.15) is 0 Å². The van der Waals surface area contributed by atoms with Crippen LogP contribution >= 0.6 is 0 Å². The Balaban J connectivity index is 2.76. The zero-order chi connectivity index (χ0) is 10.6. The minimum atomic E-state index is -0.454. The number of carbonyl (C=O) groups is 1. The highest BCUT2D eigenvalue weighted by Crippen LogP contribution is 2.17. The summed E-state index contributed by atoms with van der Waals surface area (Å²) in [6.45, 7) is 4.01. The van der Waals surface area contributed by atoms with Crippen molar-refractivity contribution in [3.8, 4) is 5.75 Å². The Morgan fingerprint density at radius 3 is 2.71 bits per heavy atom. The summed E-state index contributed by atoms with van der Waals surface area (Å²) >= 11 is 0. The predicted octanol–water partition coefficient (Wildman–Crippen LogP) is 1.42. The number of amides is 1. The molecule has 0 unspecified atom stereocenters. The summed E-state index contributed by atoms with van der Waals surface area (Å²) in [4.78, 5) is 10.5. The second-order valence-electron chi connectivity index (χ2n) is 3.26. The lowest BCUT2D eigenvalue weighted by molar-refractivity contribution is -0.119. The predicted molar refractivity (Wildman–Crippen MR) is 55.2 cm³/mol. The maximum absolute atomic E-state index is 10.5. The van der Waals surface area contributed by atoms with Gasteiger partial charge in [-0.25, -0.2) is 0 Å². The van der Waals surface area contributed by atoms with Crippen LogP contribution in [0.25, 0.3) is 0 Å². The van der Waals surface area contributed by atoms with E-state index in [1.54, 1.807) is 0 Å². The number of ether oxygens (including phenoxy) is 1. The van der Waals surface area contributed by atoms with Crippen LogP contribution in [0.15, 0.2) is 18.2 Å². The van der Waals surface area contributed by atoms with Gasteiger partial charge in [-0.1, -0.05) is 13.0 Å². The lowest BCUT2D eigenvalue weighted by Gasteiger charge is -2.06. The third-order valence-corrected chi connectivity index (χ3v) is 1.90. The maximum Gasteiger partial charge on any atom is 0.255 e. The van der Waals surface area contributed by atoms with Crippen molar-refractivity contribution >= 4 is 5.91 Å². The van der Waals surface area contributed by atoms with Crippen LogP contribution in [0.3, 0.4) is 0 Å². The molecule has 0 saturated heterocycles. The molecule has 1 amide bonds. The van der Waals surface area contributed by atoms with Crippen LogP contribution in [0.4, 0.5) is 0 Å². The fourth-order valence-corrected chi connectivity index (χ4v) is 1.27. The first-order chi connectivity index (χ1) is 6.61. The summed E-state index contributed by atoms with van der Waals surface area (Å²) in [5.41, 5.74) is 7.31. The molecule has 0 heterocycles. The van der Waals surface area contributed by atoms with Crippen molar-refractivity contribution in [3.63, 3.8) is 0 Å². The Labute approximate surface area is 83.9 Å². The Morgan fingerprint density at radius 1 is 1.43 bits per heavy atom. The van der Waals surface area contributed by atoms with E-state index in [4.69, 9.17) is 10.5 Å². The third-order valence-electron chi connectivity index (χ3n) is 1.90. The molecule has 0 aliphatic heterocycles. The molecule has 1 rings (SSSR count). The Kier molecular flexibility index (Phi) is 3.51. The Bertz CT molecular complexity index is 334. The van der Waals surface area contributed by atoms with E-state index in [0.717, 1.165) is 12.0 Å². The fraction of sp³-hybridized carbons (Fsp3) is 0.364. The van der Waals surface area contributed by atoms with Gasteiger partial charge in [-0.05, 0) is 36.6 Å². The lowest BCUT2D eigenvalue weighted by atomic mass is 10.1. The normalized spacial score (nSPS) is 9.86. The van der Waals surface area contributed by atoms with E-state index >= 15 is 0 Å². The molecule has 1 aromatic rings. The van der Waals surface area contributed by atoms with Crippen LogP contribution in [-0.4, -0.2) is 12.5 Å². The number of hydrogen-bond acceptors (Lipinski definition) is 2. The van der Waals surface area contributed by atoms with Crippen LogP contribution in [-0.2, 0) is 11.2 Å². The molecule has 3 heteroatoms. The molecular formula is C11H15NO2. The molecule has 76 valence electrons. The first-order valence-corrected chi connectivity index (χ1v) is 4.63. The molecule has 0 bridgehead atoms. The Morgan fingerprint density at radius 2 is 2.14 bits per heavy atom. The van der Waals surface area contributed by atoms with Gasteiger partial charge in [0, 0.05) is 0 Å². The highest BCUT2D eigenvalue weighted by Gasteiger charge is 2.00. The summed E-state index contributed by atoms with van der Waals surface area (Å²) in [6, 6.07) is 5.91. The number of carbonyl (C=O) groups excluding carboxylic acids is 1. The monoisotopic (exact) mass is 193 g/mol. The van der Waals surface area contributed by atoms with E-state index in [1.807, 2.05) is 19.1 Å². The van der Waals surface area contributed by atoms with Crippen LogP contribution in [0.2, 0.25) is 0 Å². The largest absolute Gasteiger partial charge is 0.484 e. The van der Waals surface area contributed by atoms with E-state index < -0.39 is 5.91 Å². The summed E-state index contributed by atoms with van der Waals surface area (Å²) in [5.74, 6) is 0.255. The molecule has 0 fully saturated rings. The van der Waals surface area contributed by atoms with Crippen LogP contribution in [0.1, 0.15) is 18.1 Å². The van der Waals surface area contributed by atoms with Crippen molar-refractivity contribution in [2.75, 3.05) is 6.61 Å². The van der Waals surface area contributed by atoms with Gasteiger partial charge in [0.25, 0.3) is 5.91 Å². The number of benzene rings is 1. The molecule has 0 saturated carbocycles. The van der Waals surface area contributed by atoms with Gasteiger partial charge >= 0.3 is 0 Å². The Hall–Kier alpha value is -1.51. The second kappa shape index (κ2) is 4.65. The van der Waals surface area contributed by atoms with Crippen molar-refractivity contribution in [3.05, 3.63) is 29.3 Å². The van der Waals surface area contributed by atoms with E-state index in [9.17, 15) is 4.79 Å². The molecule has 0 aromatic heterocycles. The van der Waals surface area contributed by atoms with Crippen LogP contribution in [0, 0.1) is 6.92 Å². The lowest BCUT2D eigenvalue weighted by Crippen LogP contribution is -2.20. The van der Waals surface area contributed by atoms with Crippen LogP contribution in [0.5, 0.6) is 5.75 Å². The van der Waals surface area contributed by atoms with Gasteiger partial charge in [0.05, 0.1) is 0 Å². The summed E-state index contributed by atoms with van der Waals surface area (Å²) in [6.07, 6.45) is 0.953. The van der Waals surface area contributed by atoms with Gasteiger partial charge in [-0.3, -0.25) is 4.79 Å². The molecular weight excluding hydrogens is 178 g/mol. The minimum absolute atomic E-state index is 0.0629. The summed E-state index contributed by atoms with van der Waals surface area (Å²) < 4.78 is 5.22. The molecule has 0 spiro atoms. The van der Waals surface area contributed by atoms with Crippen LogP contribution < -0.4 is 10.5 Å². The number of primary amides is 1. The van der Waals surface area contributed by atoms with Crippen molar-refractivity contribution in [1.29, 1.82) is 0 Å². The van der Waals surface area contributed by atoms with Crippen molar-refractivity contribution in [2.24, 2.45) is 5.73 Å². The first-order valence-electron chi connectivity index (χ1n) is 4.63. The maximum atomic E-state index is 10.5. The van der Waals surface area contributed by atoms with E-state index in [1.165, 1.54) is 5.56 Å². The van der Waals surface area contributed by atoms with Crippen molar-refractivity contribution < 1.29 is 9.53 Å². The number of aryl methyl sites for hydroxylation is 2. The molecule has 0 aliphatic rings. The second-order valence-corrected chi connectivity index (χ2v) is 3.26. The first kappa shape index (κ1) is 10.6. The third kappa shape index (κ3) is 3.09. The number of hydrogen-bond donors (Lipinski definition) is 1. The molecule has 0 radical (unpaired) electrons. The molecule has 0 aliphatic carbocycles. The number of rotatable bonds is 4. The van der Waals surface area contributed by atoms with E-state index in [-0.39, 0.29) is 6.61 Å².